The molecule has 2 aromatic rings. The first-order valence-corrected chi connectivity index (χ1v) is 6.92. The first-order valence-electron chi connectivity index (χ1n) is 6.92. The van der Waals surface area contributed by atoms with E-state index in [4.69, 9.17) is 14.2 Å². The zero-order valence-electron chi connectivity index (χ0n) is 13.3. The number of hydrazine groups is 1. The molecule has 0 saturated heterocycles. The van der Waals surface area contributed by atoms with Crippen molar-refractivity contribution < 1.29 is 19.0 Å². The summed E-state index contributed by atoms with van der Waals surface area (Å²) >= 11 is 0. The monoisotopic (exact) mass is 317 g/mol. The number of pyridine rings is 1. The van der Waals surface area contributed by atoms with Crippen LogP contribution in [0.15, 0.2) is 36.7 Å². The van der Waals surface area contributed by atoms with Gasteiger partial charge in [0.2, 0.25) is 5.75 Å². The zero-order chi connectivity index (χ0) is 16.7. The fraction of sp³-hybridized carbons (Fsp3) is 0.250. The van der Waals surface area contributed by atoms with Crippen molar-refractivity contribution in [3.05, 3.63) is 47.8 Å². The predicted molar refractivity (Wildman–Crippen MR) is 84.6 cm³/mol. The summed E-state index contributed by atoms with van der Waals surface area (Å²) in [6, 6.07) is 6.89. The number of amides is 1. The van der Waals surface area contributed by atoms with Crippen LogP contribution in [-0.4, -0.2) is 32.2 Å². The molecule has 2 N–H and O–H groups in total. The van der Waals surface area contributed by atoms with Crippen molar-refractivity contribution >= 4 is 5.91 Å². The van der Waals surface area contributed by atoms with Gasteiger partial charge in [0, 0.05) is 30.1 Å². The van der Waals surface area contributed by atoms with Gasteiger partial charge in [-0.3, -0.25) is 15.2 Å². The third-order valence-electron chi connectivity index (χ3n) is 3.21. The van der Waals surface area contributed by atoms with Crippen LogP contribution in [0.2, 0.25) is 0 Å². The number of aromatic nitrogens is 1. The molecule has 23 heavy (non-hydrogen) atoms. The molecule has 0 aliphatic carbocycles. The van der Waals surface area contributed by atoms with E-state index in [9.17, 15) is 4.79 Å². The summed E-state index contributed by atoms with van der Waals surface area (Å²) < 4.78 is 15.9. The van der Waals surface area contributed by atoms with Crippen LogP contribution >= 0.6 is 0 Å². The lowest BCUT2D eigenvalue weighted by Gasteiger charge is -2.16. The Morgan fingerprint density at radius 3 is 2.30 bits per heavy atom. The van der Waals surface area contributed by atoms with E-state index in [1.165, 1.54) is 0 Å². The van der Waals surface area contributed by atoms with Crippen LogP contribution in [0.25, 0.3) is 0 Å². The van der Waals surface area contributed by atoms with E-state index in [2.05, 4.69) is 15.8 Å². The second-order valence-corrected chi connectivity index (χ2v) is 4.54. The van der Waals surface area contributed by atoms with Gasteiger partial charge in [0.1, 0.15) is 0 Å². The lowest BCUT2D eigenvalue weighted by atomic mass is 10.1. The Labute approximate surface area is 134 Å². The van der Waals surface area contributed by atoms with Crippen LogP contribution in [0, 0.1) is 0 Å². The first-order chi connectivity index (χ1) is 11.2. The molecule has 122 valence electrons. The molecule has 0 aliphatic heterocycles. The molecule has 0 bridgehead atoms. The molecule has 0 atom stereocenters. The molecule has 7 heteroatoms. The van der Waals surface area contributed by atoms with Crippen molar-refractivity contribution in [2.75, 3.05) is 21.3 Å². The normalized spacial score (nSPS) is 10.0. The van der Waals surface area contributed by atoms with Gasteiger partial charge in [-0.25, -0.2) is 5.43 Å². The zero-order valence-corrected chi connectivity index (χ0v) is 13.3. The van der Waals surface area contributed by atoms with E-state index in [0.29, 0.717) is 29.4 Å². The minimum Gasteiger partial charge on any atom is -0.493 e. The molecule has 1 aromatic carbocycles. The van der Waals surface area contributed by atoms with Gasteiger partial charge in [-0.05, 0) is 24.3 Å². The summed E-state index contributed by atoms with van der Waals surface area (Å²) in [6.45, 7) is 0.361. The third-order valence-corrected chi connectivity index (χ3v) is 3.21. The largest absolute Gasteiger partial charge is 0.493 e. The number of nitrogens with zero attached hydrogens (tertiary/aromatic N) is 1. The molecule has 2 rings (SSSR count). The summed E-state index contributed by atoms with van der Waals surface area (Å²) in [5.74, 6) is 1.40. The molecule has 0 fully saturated rings. The highest BCUT2D eigenvalue weighted by Crippen LogP contribution is 2.39. The van der Waals surface area contributed by atoms with Crippen LogP contribution in [0.3, 0.4) is 0 Å². The van der Waals surface area contributed by atoms with Crippen LogP contribution in [0.4, 0.5) is 0 Å². The van der Waals surface area contributed by atoms with Gasteiger partial charge in [-0.2, -0.15) is 0 Å². The summed E-state index contributed by atoms with van der Waals surface area (Å²) in [4.78, 5) is 15.8. The summed E-state index contributed by atoms with van der Waals surface area (Å²) in [5, 5.41) is 0. The number of carbonyl (C=O) groups is 1. The van der Waals surface area contributed by atoms with Crippen molar-refractivity contribution in [3.8, 4) is 17.2 Å². The Kier molecular flexibility index (Phi) is 5.76. The van der Waals surface area contributed by atoms with Gasteiger partial charge in [-0.15, -0.1) is 0 Å². The summed E-state index contributed by atoms with van der Waals surface area (Å²) in [7, 11) is 4.66. The molecule has 0 aliphatic rings. The molecule has 0 spiro atoms. The van der Waals surface area contributed by atoms with Gasteiger partial charge < -0.3 is 14.2 Å². The second kappa shape index (κ2) is 8.00. The maximum Gasteiger partial charge on any atom is 0.265 e. The number of nitrogens with one attached hydrogen (secondary N) is 2. The lowest BCUT2D eigenvalue weighted by Crippen LogP contribution is -2.36. The molecule has 0 radical (unpaired) electrons. The van der Waals surface area contributed by atoms with Gasteiger partial charge in [-0.1, -0.05) is 0 Å². The van der Waals surface area contributed by atoms with Crippen LogP contribution < -0.4 is 25.1 Å². The SMILES string of the molecule is COc1ccc(CNNC(=O)c2ccncc2)c(OC)c1OC. The molecule has 1 heterocycles. The van der Waals surface area contributed by atoms with Crippen molar-refractivity contribution in [3.63, 3.8) is 0 Å². The Balaban J connectivity index is 2.05. The Bertz CT molecular complexity index is 662. The number of carbonyl (C=O) groups excluding carboxylic acids is 1. The quantitative estimate of drug-likeness (QED) is 0.754. The number of hydrogen-bond donors (Lipinski definition) is 2. The molecule has 1 amide bonds. The maximum atomic E-state index is 11.9. The lowest BCUT2D eigenvalue weighted by molar-refractivity contribution is 0.0932. The minimum absolute atomic E-state index is 0.244. The van der Waals surface area contributed by atoms with Crippen molar-refractivity contribution in [1.82, 2.24) is 15.8 Å². The highest BCUT2D eigenvalue weighted by atomic mass is 16.5. The van der Waals surface area contributed by atoms with Gasteiger partial charge >= 0.3 is 0 Å². The maximum absolute atomic E-state index is 11.9. The predicted octanol–water partition coefficient (Wildman–Crippen LogP) is 1.54. The second-order valence-electron chi connectivity index (χ2n) is 4.54. The molecule has 0 unspecified atom stereocenters. The van der Waals surface area contributed by atoms with Crippen molar-refractivity contribution in [2.24, 2.45) is 0 Å². The van der Waals surface area contributed by atoms with Crippen LogP contribution in [-0.2, 0) is 6.54 Å². The van der Waals surface area contributed by atoms with E-state index < -0.39 is 0 Å². The smallest absolute Gasteiger partial charge is 0.265 e. The van der Waals surface area contributed by atoms with E-state index >= 15 is 0 Å². The van der Waals surface area contributed by atoms with Crippen LogP contribution in [0.5, 0.6) is 17.2 Å². The van der Waals surface area contributed by atoms with Gasteiger partial charge in [0.15, 0.2) is 11.5 Å². The number of hydrogen-bond acceptors (Lipinski definition) is 6. The number of methoxy groups -OCH3 is 3. The van der Waals surface area contributed by atoms with Crippen molar-refractivity contribution in [2.45, 2.75) is 6.54 Å². The first kappa shape index (κ1) is 16.6. The number of benzene rings is 1. The molecular weight excluding hydrogens is 298 g/mol. The average molecular weight is 317 g/mol. The highest BCUT2D eigenvalue weighted by Gasteiger charge is 2.15. The molecule has 0 saturated carbocycles. The van der Waals surface area contributed by atoms with Crippen molar-refractivity contribution in [1.29, 1.82) is 0 Å². The van der Waals surface area contributed by atoms with Crippen LogP contribution in [0.1, 0.15) is 15.9 Å². The highest BCUT2D eigenvalue weighted by molar-refractivity contribution is 5.93. The Hall–Kier alpha value is -2.80. The Morgan fingerprint density at radius 2 is 1.70 bits per heavy atom. The van der Waals surface area contributed by atoms with E-state index in [0.717, 1.165) is 5.56 Å². The Morgan fingerprint density at radius 1 is 1.00 bits per heavy atom. The molecular formula is C16H19N3O4. The molecule has 1 aromatic heterocycles. The standard InChI is InChI=1S/C16H19N3O4/c1-21-13-5-4-12(14(22-2)15(13)23-3)10-18-19-16(20)11-6-8-17-9-7-11/h4-9,18H,10H2,1-3H3,(H,19,20). The number of ether oxygens (including phenoxy) is 3. The topological polar surface area (TPSA) is 81.7 Å². The number of rotatable bonds is 7. The summed E-state index contributed by atoms with van der Waals surface area (Å²) in [6.07, 6.45) is 3.12. The minimum atomic E-state index is -0.244. The van der Waals surface area contributed by atoms with Gasteiger partial charge in [0.05, 0.1) is 21.3 Å². The average Bonchev–Trinajstić information content (AvgIpc) is 2.61. The third kappa shape index (κ3) is 3.89. The van der Waals surface area contributed by atoms with Gasteiger partial charge in [0.25, 0.3) is 5.91 Å². The molecule has 7 nitrogen and oxygen atoms in total. The fourth-order valence-corrected chi connectivity index (χ4v) is 2.10. The van der Waals surface area contributed by atoms with E-state index in [1.807, 2.05) is 6.07 Å². The fourth-order valence-electron chi connectivity index (χ4n) is 2.10. The van der Waals surface area contributed by atoms with E-state index in [-0.39, 0.29) is 5.91 Å². The van der Waals surface area contributed by atoms with E-state index in [1.54, 1.807) is 51.9 Å². The summed E-state index contributed by atoms with van der Waals surface area (Å²) in [5.41, 5.74) is 6.83.